The maximum atomic E-state index is 11.5. The number of hydrogen-bond donors (Lipinski definition) is 2. The summed E-state index contributed by atoms with van der Waals surface area (Å²) in [5.74, 6) is -0.670. The zero-order valence-corrected chi connectivity index (χ0v) is 11.8. The van der Waals surface area contributed by atoms with Gasteiger partial charge < -0.3 is 5.73 Å². The Morgan fingerprint density at radius 1 is 1.14 bits per heavy atom. The fraction of sp³-hybridized carbons (Fsp3) is 0. The molecular weight excluding hydrogens is 286 g/mol. The molecule has 0 saturated carbocycles. The first-order valence-corrected chi connectivity index (χ1v) is 6.70. The van der Waals surface area contributed by atoms with Crippen LogP contribution in [0.2, 0.25) is 5.02 Å². The Morgan fingerprint density at radius 2 is 1.86 bits per heavy atom. The minimum absolute atomic E-state index is 0.0169. The van der Waals surface area contributed by atoms with Crippen LogP contribution in [0, 0.1) is 5.41 Å². The number of nitrogens with one attached hydrogen (secondary N) is 1. The standard InChI is InChI=1S/C16H12ClN3O/c17-11-8-13(16(19)21)15(18)20(9-11)14-7-3-5-10-4-1-2-6-12(10)14/h1-9,18H,(H2,19,21). The van der Waals surface area contributed by atoms with Gasteiger partial charge in [0, 0.05) is 11.6 Å². The SMILES string of the molecule is N=c1c(C(N)=O)cc(Cl)cn1-c1cccc2ccccc12. The molecule has 1 amide bonds. The Labute approximate surface area is 125 Å². The van der Waals surface area contributed by atoms with Crippen molar-refractivity contribution in [1.29, 1.82) is 5.41 Å². The molecule has 0 aliphatic rings. The molecule has 0 spiro atoms. The van der Waals surface area contributed by atoms with Crippen molar-refractivity contribution in [3.8, 4) is 5.69 Å². The summed E-state index contributed by atoms with van der Waals surface area (Å²) < 4.78 is 1.57. The first-order valence-electron chi connectivity index (χ1n) is 6.32. The smallest absolute Gasteiger partial charge is 0.252 e. The van der Waals surface area contributed by atoms with E-state index < -0.39 is 5.91 Å². The van der Waals surface area contributed by atoms with Gasteiger partial charge in [0.2, 0.25) is 0 Å². The normalized spacial score (nSPS) is 10.7. The van der Waals surface area contributed by atoms with Gasteiger partial charge in [-0.15, -0.1) is 0 Å². The lowest BCUT2D eigenvalue weighted by atomic mass is 10.1. The fourth-order valence-electron chi connectivity index (χ4n) is 2.36. The number of aromatic nitrogens is 1. The van der Waals surface area contributed by atoms with Crippen LogP contribution in [-0.4, -0.2) is 10.5 Å². The van der Waals surface area contributed by atoms with Crippen LogP contribution in [0.4, 0.5) is 0 Å². The molecule has 21 heavy (non-hydrogen) atoms. The zero-order chi connectivity index (χ0) is 15.0. The van der Waals surface area contributed by atoms with Gasteiger partial charge in [0.05, 0.1) is 16.3 Å². The van der Waals surface area contributed by atoms with Crippen molar-refractivity contribution < 1.29 is 4.79 Å². The molecule has 0 saturated heterocycles. The van der Waals surface area contributed by atoms with Crippen molar-refractivity contribution in [1.82, 2.24) is 4.57 Å². The molecule has 0 bridgehead atoms. The first kappa shape index (κ1) is 13.4. The Balaban J connectivity index is 2.39. The van der Waals surface area contributed by atoms with Crippen LogP contribution in [0.1, 0.15) is 10.4 Å². The second kappa shape index (κ2) is 5.07. The number of carbonyl (C=O) groups excluding carboxylic acids is 1. The average Bonchev–Trinajstić information content (AvgIpc) is 2.48. The van der Waals surface area contributed by atoms with Crippen LogP contribution < -0.4 is 11.2 Å². The van der Waals surface area contributed by atoms with E-state index in [1.807, 2.05) is 42.5 Å². The van der Waals surface area contributed by atoms with Crippen molar-refractivity contribution >= 4 is 28.3 Å². The number of halogens is 1. The molecule has 0 radical (unpaired) electrons. The van der Waals surface area contributed by atoms with Crippen molar-refractivity contribution in [3.63, 3.8) is 0 Å². The van der Waals surface area contributed by atoms with E-state index in [2.05, 4.69) is 0 Å². The van der Waals surface area contributed by atoms with Gasteiger partial charge in [0.25, 0.3) is 5.91 Å². The number of nitrogens with zero attached hydrogens (tertiary/aromatic N) is 1. The zero-order valence-electron chi connectivity index (χ0n) is 11.0. The lowest BCUT2D eigenvalue weighted by Gasteiger charge is -2.12. The third kappa shape index (κ3) is 2.30. The molecule has 2 aromatic carbocycles. The van der Waals surface area contributed by atoms with Gasteiger partial charge in [0.1, 0.15) is 5.49 Å². The fourth-order valence-corrected chi connectivity index (χ4v) is 2.56. The number of nitrogens with two attached hydrogens (primary N) is 1. The van der Waals surface area contributed by atoms with Crippen molar-refractivity contribution in [2.45, 2.75) is 0 Å². The number of pyridine rings is 1. The predicted octanol–water partition coefficient (Wildman–Crippen LogP) is 2.86. The molecule has 3 N–H and O–H groups in total. The van der Waals surface area contributed by atoms with Gasteiger partial charge in [0.15, 0.2) is 0 Å². The monoisotopic (exact) mass is 297 g/mol. The molecule has 0 aliphatic heterocycles. The topological polar surface area (TPSA) is 71.9 Å². The van der Waals surface area contributed by atoms with Gasteiger partial charge >= 0.3 is 0 Å². The molecule has 3 rings (SSSR count). The Hall–Kier alpha value is -2.59. The highest BCUT2D eigenvalue weighted by Crippen LogP contribution is 2.22. The van der Waals surface area contributed by atoms with E-state index in [0.717, 1.165) is 16.5 Å². The maximum Gasteiger partial charge on any atom is 0.252 e. The second-order valence-corrected chi connectivity index (χ2v) is 5.09. The lowest BCUT2D eigenvalue weighted by Crippen LogP contribution is -2.28. The summed E-state index contributed by atoms with van der Waals surface area (Å²) in [6, 6.07) is 15.0. The highest BCUT2D eigenvalue weighted by molar-refractivity contribution is 6.30. The quantitative estimate of drug-likeness (QED) is 0.750. The number of rotatable bonds is 2. The van der Waals surface area contributed by atoms with Crippen LogP contribution in [0.25, 0.3) is 16.5 Å². The number of fused-ring (bicyclic) bond motifs is 1. The summed E-state index contributed by atoms with van der Waals surface area (Å²) in [7, 11) is 0. The predicted molar refractivity (Wildman–Crippen MR) is 82.7 cm³/mol. The largest absolute Gasteiger partial charge is 0.365 e. The molecule has 0 aliphatic carbocycles. The Kier molecular flexibility index (Phi) is 3.23. The molecule has 3 aromatic rings. The van der Waals surface area contributed by atoms with Crippen LogP contribution >= 0.6 is 11.6 Å². The molecule has 0 fully saturated rings. The molecule has 1 aromatic heterocycles. The molecule has 4 nitrogen and oxygen atoms in total. The van der Waals surface area contributed by atoms with Gasteiger partial charge in [-0.3, -0.25) is 14.8 Å². The first-order chi connectivity index (χ1) is 10.1. The van der Waals surface area contributed by atoms with Crippen molar-refractivity contribution in [3.05, 3.63) is 70.8 Å². The number of amides is 1. The van der Waals surface area contributed by atoms with E-state index in [4.69, 9.17) is 22.7 Å². The molecule has 5 heteroatoms. The third-order valence-corrected chi connectivity index (χ3v) is 3.53. The molecule has 0 unspecified atom stereocenters. The molecule has 0 atom stereocenters. The van der Waals surface area contributed by atoms with Crippen LogP contribution in [0.3, 0.4) is 0 Å². The van der Waals surface area contributed by atoms with Crippen LogP contribution in [0.15, 0.2) is 54.7 Å². The van der Waals surface area contributed by atoms with E-state index in [1.54, 1.807) is 10.8 Å². The highest BCUT2D eigenvalue weighted by atomic mass is 35.5. The van der Waals surface area contributed by atoms with E-state index in [9.17, 15) is 4.79 Å². The summed E-state index contributed by atoms with van der Waals surface area (Å²) >= 11 is 6.06. The second-order valence-electron chi connectivity index (χ2n) is 4.65. The minimum atomic E-state index is -0.670. The lowest BCUT2D eigenvalue weighted by molar-refractivity contribution is 0.0998. The average molecular weight is 298 g/mol. The van der Waals surface area contributed by atoms with Crippen molar-refractivity contribution in [2.75, 3.05) is 0 Å². The van der Waals surface area contributed by atoms with E-state index in [1.165, 1.54) is 6.07 Å². The molecular formula is C16H12ClN3O. The molecule has 1 heterocycles. The number of primary amides is 1. The van der Waals surface area contributed by atoms with Crippen molar-refractivity contribution in [2.24, 2.45) is 5.73 Å². The van der Waals surface area contributed by atoms with Crippen LogP contribution in [-0.2, 0) is 0 Å². The summed E-state index contributed by atoms with van der Waals surface area (Å²) in [6.07, 6.45) is 1.61. The molecule has 104 valence electrons. The summed E-state index contributed by atoms with van der Waals surface area (Å²) in [5, 5.41) is 10.6. The number of carbonyl (C=O) groups is 1. The highest BCUT2D eigenvalue weighted by Gasteiger charge is 2.11. The van der Waals surface area contributed by atoms with E-state index in [-0.39, 0.29) is 11.1 Å². The summed E-state index contributed by atoms with van der Waals surface area (Å²) in [6.45, 7) is 0. The Bertz CT molecular complexity index is 910. The number of benzene rings is 2. The maximum absolute atomic E-state index is 11.5. The summed E-state index contributed by atoms with van der Waals surface area (Å²) in [4.78, 5) is 11.5. The van der Waals surface area contributed by atoms with Gasteiger partial charge in [-0.2, -0.15) is 0 Å². The van der Waals surface area contributed by atoms with Crippen LogP contribution in [0.5, 0.6) is 0 Å². The number of hydrogen-bond acceptors (Lipinski definition) is 2. The van der Waals surface area contributed by atoms with Gasteiger partial charge in [-0.1, -0.05) is 48.0 Å². The Morgan fingerprint density at radius 3 is 2.62 bits per heavy atom. The van der Waals surface area contributed by atoms with E-state index >= 15 is 0 Å². The minimum Gasteiger partial charge on any atom is -0.365 e. The third-order valence-electron chi connectivity index (χ3n) is 3.32. The van der Waals surface area contributed by atoms with Gasteiger partial charge in [-0.25, -0.2) is 0 Å². The van der Waals surface area contributed by atoms with E-state index in [0.29, 0.717) is 5.02 Å². The summed E-state index contributed by atoms with van der Waals surface area (Å²) in [5.41, 5.74) is 6.20. The van der Waals surface area contributed by atoms with Gasteiger partial charge in [-0.05, 0) is 17.5 Å².